The minimum atomic E-state index is 0.378. The number of para-hydroxylation sites is 1. The van der Waals surface area contributed by atoms with Gasteiger partial charge in [-0.15, -0.1) is 0 Å². The number of anilines is 2. The van der Waals surface area contributed by atoms with Crippen molar-refractivity contribution in [2.24, 2.45) is 0 Å². The molecule has 0 radical (unpaired) electrons. The summed E-state index contributed by atoms with van der Waals surface area (Å²) in [6.07, 6.45) is 3.82. The number of ether oxygens (including phenoxy) is 1. The summed E-state index contributed by atoms with van der Waals surface area (Å²) >= 11 is 0. The smallest absolute Gasteiger partial charge is 0.248 e. The Morgan fingerprint density at radius 1 is 1.08 bits per heavy atom. The van der Waals surface area contributed by atoms with Gasteiger partial charge in [0.2, 0.25) is 5.88 Å². The first-order valence-electron chi connectivity index (χ1n) is 8.12. The Kier molecular flexibility index (Phi) is 3.65. The van der Waals surface area contributed by atoms with Gasteiger partial charge >= 0.3 is 0 Å². The van der Waals surface area contributed by atoms with Crippen LogP contribution in [0.3, 0.4) is 0 Å². The number of nitrogens with two attached hydrogens (primary N) is 1. The Morgan fingerprint density at radius 2 is 1.92 bits per heavy atom. The minimum absolute atomic E-state index is 0.378. The van der Waals surface area contributed by atoms with Gasteiger partial charge in [-0.3, -0.25) is 0 Å². The van der Waals surface area contributed by atoms with E-state index in [-0.39, 0.29) is 0 Å². The van der Waals surface area contributed by atoms with Crippen LogP contribution >= 0.6 is 0 Å². The molecule has 122 valence electrons. The average molecular weight is 321 g/mol. The number of pyridine rings is 1. The van der Waals surface area contributed by atoms with Crippen LogP contribution in [0.4, 0.5) is 11.5 Å². The molecule has 6 nitrogen and oxygen atoms in total. The Balaban J connectivity index is 1.73. The van der Waals surface area contributed by atoms with Crippen LogP contribution < -0.4 is 15.4 Å². The van der Waals surface area contributed by atoms with Crippen LogP contribution in [0.5, 0.6) is 11.6 Å². The summed E-state index contributed by atoms with van der Waals surface area (Å²) in [5.74, 6) is 1.78. The van der Waals surface area contributed by atoms with E-state index >= 15 is 0 Å². The Morgan fingerprint density at radius 3 is 2.75 bits per heavy atom. The number of aryl methyl sites for hydroxylation is 1. The number of aromatic nitrogens is 3. The Hall–Kier alpha value is -2.89. The highest BCUT2D eigenvalue weighted by molar-refractivity contribution is 5.85. The lowest BCUT2D eigenvalue weighted by Crippen LogP contribution is -2.20. The van der Waals surface area contributed by atoms with Gasteiger partial charge in [0.15, 0.2) is 11.6 Å². The largest absolute Gasteiger partial charge is 0.435 e. The first-order valence-corrected chi connectivity index (χ1v) is 8.12. The van der Waals surface area contributed by atoms with Gasteiger partial charge in [0.1, 0.15) is 17.5 Å². The van der Waals surface area contributed by atoms with Crippen LogP contribution in [-0.2, 0) is 0 Å². The van der Waals surface area contributed by atoms with Gasteiger partial charge in [0.25, 0.3) is 0 Å². The normalized spacial score (nSPS) is 14.3. The van der Waals surface area contributed by atoms with Crippen molar-refractivity contribution < 1.29 is 4.74 Å². The molecule has 0 spiro atoms. The molecular formula is C18H19N5O. The van der Waals surface area contributed by atoms with Crippen molar-refractivity contribution in [1.29, 1.82) is 0 Å². The van der Waals surface area contributed by atoms with E-state index in [2.05, 4.69) is 19.9 Å². The van der Waals surface area contributed by atoms with E-state index in [9.17, 15) is 0 Å². The molecule has 3 aromatic rings. The molecule has 1 aliphatic heterocycles. The summed E-state index contributed by atoms with van der Waals surface area (Å²) in [7, 11) is 0. The van der Waals surface area contributed by atoms with E-state index in [1.165, 1.54) is 6.33 Å². The summed E-state index contributed by atoms with van der Waals surface area (Å²) in [5, 5.41) is 1.02. The molecule has 0 aliphatic carbocycles. The molecule has 3 heterocycles. The fourth-order valence-corrected chi connectivity index (χ4v) is 3.04. The molecule has 0 unspecified atom stereocenters. The zero-order chi connectivity index (χ0) is 16.5. The molecule has 1 fully saturated rings. The predicted molar refractivity (Wildman–Crippen MR) is 94.4 cm³/mol. The maximum atomic E-state index is 6.27. The second kappa shape index (κ2) is 5.96. The van der Waals surface area contributed by atoms with Gasteiger partial charge in [-0.05, 0) is 31.9 Å². The molecule has 1 aliphatic rings. The molecule has 2 N–H and O–H groups in total. The second-order valence-corrected chi connectivity index (χ2v) is 5.99. The van der Waals surface area contributed by atoms with E-state index in [4.69, 9.17) is 10.5 Å². The monoisotopic (exact) mass is 321 g/mol. The zero-order valence-electron chi connectivity index (χ0n) is 13.6. The SMILES string of the molecule is Cc1ccc2cccc(Oc3ncnc(N4CCCC4)c3N)c2n1. The predicted octanol–water partition coefficient (Wildman–Crippen LogP) is 3.31. The highest BCUT2D eigenvalue weighted by Gasteiger charge is 2.20. The van der Waals surface area contributed by atoms with Crippen LogP contribution in [0.15, 0.2) is 36.7 Å². The lowest BCUT2D eigenvalue weighted by atomic mass is 10.2. The molecule has 0 saturated carbocycles. The Bertz CT molecular complexity index is 890. The fourth-order valence-electron chi connectivity index (χ4n) is 3.04. The van der Waals surface area contributed by atoms with Gasteiger partial charge in [-0.1, -0.05) is 18.2 Å². The molecule has 2 aromatic heterocycles. The Labute approximate surface area is 140 Å². The van der Waals surface area contributed by atoms with Crippen molar-refractivity contribution in [3.63, 3.8) is 0 Å². The van der Waals surface area contributed by atoms with E-state index < -0.39 is 0 Å². The highest BCUT2D eigenvalue weighted by Crippen LogP contribution is 2.35. The molecule has 0 atom stereocenters. The van der Waals surface area contributed by atoms with Crippen LogP contribution in [0, 0.1) is 6.92 Å². The average Bonchev–Trinajstić information content (AvgIpc) is 3.11. The summed E-state index contributed by atoms with van der Waals surface area (Å²) in [6.45, 7) is 3.89. The van der Waals surface area contributed by atoms with E-state index in [1.807, 2.05) is 37.3 Å². The molecule has 4 rings (SSSR count). The standard InChI is InChI=1S/C18H19N5O/c1-12-7-8-13-5-4-6-14(16(13)22-12)24-18-15(19)17(20-11-21-18)23-9-2-3-10-23/h4-8,11H,2-3,9-10,19H2,1H3. The maximum Gasteiger partial charge on any atom is 0.248 e. The molecule has 1 saturated heterocycles. The van der Waals surface area contributed by atoms with Gasteiger partial charge in [0.05, 0.1) is 0 Å². The molecular weight excluding hydrogens is 302 g/mol. The van der Waals surface area contributed by atoms with E-state index in [1.54, 1.807) is 0 Å². The van der Waals surface area contributed by atoms with Gasteiger partial charge in [-0.25, -0.2) is 9.97 Å². The molecule has 1 aromatic carbocycles. The lowest BCUT2D eigenvalue weighted by molar-refractivity contribution is 0.468. The summed E-state index contributed by atoms with van der Waals surface area (Å²) in [5.41, 5.74) is 8.49. The first kappa shape index (κ1) is 14.7. The molecule has 24 heavy (non-hydrogen) atoms. The number of nitrogens with zero attached hydrogens (tertiary/aromatic N) is 4. The highest BCUT2D eigenvalue weighted by atomic mass is 16.5. The van der Waals surface area contributed by atoms with Crippen LogP contribution in [0.25, 0.3) is 10.9 Å². The van der Waals surface area contributed by atoms with Crippen LogP contribution in [0.1, 0.15) is 18.5 Å². The maximum absolute atomic E-state index is 6.27. The van der Waals surface area contributed by atoms with Crippen LogP contribution in [-0.4, -0.2) is 28.0 Å². The van der Waals surface area contributed by atoms with Gasteiger partial charge < -0.3 is 15.4 Å². The first-order chi connectivity index (χ1) is 11.7. The van der Waals surface area contributed by atoms with Crippen molar-refractivity contribution in [1.82, 2.24) is 15.0 Å². The number of hydrogen-bond donors (Lipinski definition) is 1. The molecule has 0 bridgehead atoms. The van der Waals surface area contributed by atoms with Gasteiger partial charge in [0, 0.05) is 24.2 Å². The minimum Gasteiger partial charge on any atom is -0.435 e. The fraction of sp³-hybridized carbons (Fsp3) is 0.278. The van der Waals surface area contributed by atoms with Gasteiger partial charge in [-0.2, -0.15) is 4.98 Å². The summed E-state index contributed by atoms with van der Waals surface area (Å²) in [6, 6.07) is 9.84. The number of benzene rings is 1. The third-order valence-electron chi connectivity index (χ3n) is 4.26. The number of rotatable bonds is 3. The van der Waals surface area contributed by atoms with Crippen LogP contribution in [0.2, 0.25) is 0 Å². The lowest BCUT2D eigenvalue weighted by Gasteiger charge is -2.19. The van der Waals surface area contributed by atoms with Crippen molar-refractivity contribution in [3.05, 3.63) is 42.4 Å². The number of hydrogen-bond acceptors (Lipinski definition) is 6. The van der Waals surface area contributed by atoms with Crippen molar-refractivity contribution in [2.45, 2.75) is 19.8 Å². The second-order valence-electron chi connectivity index (χ2n) is 5.99. The molecule has 0 amide bonds. The van der Waals surface area contributed by atoms with Crippen molar-refractivity contribution in [3.8, 4) is 11.6 Å². The van der Waals surface area contributed by atoms with Crippen molar-refractivity contribution in [2.75, 3.05) is 23.7 Å². The third-order valence-corrected chi connectivity index (χ3v) is 4.26. The molecule has 6 heteroatoms. The van der Waals surface area contributed by atoms with E-state index in [0.29, 0.717) is 17.3 Å². The summed E-state index contributed by atoms with van der Waals surface area (Å²) in [4.78, 5) is 15.3. The topological polar surface area (TPSA) is 77.2 Å². The van der Waals surface area contributed by atoms with Crippen molar-refractivity contribution >= 4 is 22.4 Å². The summed E-state index contributed by atoms with van der Waals surface area (Å²) < 4.78 is 6.01. The third kappa shape index (κ3) is 2.60. The van der Waals surface area contributed by atoms with E-state index in [0.717, 1.165) is 48.3 Å². The zero-order valence-corrected chi connectivity index (χ0v) is 13.6. The number of fused-ring (bicyclic) bond motifs is 1. The number of nitrogen functional groups attached to an aromatic ring is 1. The quantitative estimate of drug-likeness (QED) is 0.797.